The van der Waals surface area contributed by atoms with E-state index < -0.39 is 0 Å². The Labute approximate surface area is 81.7 Å². The first kappa shape index (κ1) is 11.0. The summed E-state index contributed by atoms with van der Waals surface area (Å²) in [5.74, 6) is 0. The van der Waals surface area contributed by atoms with Gasteiger partial charge in [-0.25, -0.2) is 0 Å². The van der Waals surface area contributed by atoms with Crippen molar-refractivity contribution in [1.29, 1.82) is 0 Å². The topological polar surface area (TPSA) is 36.1 Å². The molecule has 0 aliphatic carbocycles. The van der Waals surface area contributed by atoms with Gasteiger partial charge in [0.25, 0.3) is 0 Å². The fourth-order valence-electron chi connectivity index (χ4n) is 1.58. The number of rotatable bonds is 0. The summed E-state index contributed by atoms with van der Waals surface area (Å²) in [6.45, 7) is 6.80. The lowest BCUT2D eigenvalue weighted by Gasteiger charge is -2.05. The van der Waals surface area contributed by atoms with Crippen LogP contribution in [-0.4, -0.2) is 39.3 Å². The minimum absolute atomic E-state index is 1.10. The number of nitrogens with one attached hydrogen (secondary N) is 3. The van der Waals surface area contributed by atoms with Crippen molar-refractivity contribution in [3.63, 3.8) is 0 Å². The molecule has 13 heavy (non-hydrogen) atoms. The van der Waals surface area contributed by atoms with Gasteiger partial charge < -0.3 is 16.0 Å². The van der Waals surface area contributed by atoms with Crippen LogP contribution in [0.25, 0.3) is 0 Å². The number of hydrogen-bond donors (Lipinski definition) is 3. The van der Waals surface area contributed by atoms with Crippen molar-refractivity contribution in [3.8, 4) is 0 Å². The van der Waals surface area contributed by atoms with Gasteiger partial charge in [0.2, 0.25) is 0 Å². The molecular weight excluding hydrogens is 162 g/mol. The van der Waals surface area contributed by atoms with Crippen LogP contribution in [0.1, 0.15) is 25.7 Å². The summed E-state index contributed by atoms with van der Waals surface area (Å²) < 4.78 is 0. The molecule has 3 nitrogen and oxygen atoms in total. The predicted molar refractivity (Wildman–Crippen MR) is 57.1 cm³/mol. The zero-order chi connectivity index (χ0) is 9.19. The summed E-state index contributed by atoms with van der Waals surface area (Å²) in [5, 5.41) is 10.3. The van der Waals surface area contributed by atoms with E-state index in [1.165, 1.54) is 38.8 Å². The van der Waals surface area contributed by atoms with E-state index in [-0.39, 0.29) is 0 Å². The van der Waals surface area contributed by atoms with E-state index in [4.69, 9.17) is 0 Å². The van der Waals surface area contributed by atoms with Gasteiger partial charge in [0.15, 0.2) is 0 Å². The van der Waals surface area contributed by atoms with Crippen LogP contribution in [0.2, 0.25) is 0 Å². The van der Waals surface area contributed by atoms with Crippen molar-refractivity contribution in [2.75, 3.05) is 39.3 Å². The molecule has 0 amide bonds. The molecule has 0 aromatic rings. The van der Waals surface area contributed by atoms with Crippen LogP contribution >= 0.6 is 0 Å². The molecule has 3 heteroatoms. The van der Waals surface area contributed by atoms with Gasteiger partial charge in [-0.2, -0.15) is 0 Å². The van der Waals surface area contributed by atoms with E-state index in [1.54, 1.807) is 0 Å². The SMILES string of the molecule is C1CCCNCCNCCNCC1. The summed E-state index contributed by atoms with van der Waals surface area (Å²) in [5.41, 5.74) is 0. The Hall–Kier alpha value is -0.120. The highest BCUT2D eigenvalue weighted by molar-refractivity contribution is 4.57. The summed E-state index contributed by atoms with van der Waals surface area (Å²) in [6.07, 6.45) is 5.42. The first-order valence-electron chi connectivity index (χ1n) is 5.62. The van der Waals surface area contributed by atoms with Gasteiger partial charge in [0.05, 0.1) is 0 Å². The van der Waals surface area contributed by atoms with Crippen molar-refractivity contribution >= 4 is 0 Å². The van der Waals surface area contributed by atoms with Crippen molar-refractivity contribution in [2.45, 2.75) is 25.7 Å². The average Bonchev–Trinajstić information content (AvgIpc) is 2.18. The minimum atomic E-state index is 1.10. The Morgan fingerprint density at radius 1 is 0.385 bits per heavy atom. The van der Waals surface area contributed by atoms with Crippen LogP contribution in [0.5, 0.6) is 0 Å². The van der Waals surface area contributed by atoms with Gasteiger partial charge in [-0.15, -0.1) is 0 Å². The predicted octanol–water partition coefficient (Wildman–Crippen LogP) is 0.329. The smallest absolute Gasteiger partial charge is 0.00772 e. The Morgan fingerprint density at radius 2 is 0.769 bits per heavy atom. The van der Waals surface area contributed by atoms with Crippen LogP contribution in [-0.2, 0) is 0 Å². The van der Waals surface area contributed by atoms with Crippen LogP contribution in [0, 0.1) is 0 Å². The maximum Gasteiger partial charge on any atom is 0.00772 e. The Morgan fingerprint density at radius 3 is 1.23 bits per heavy atom. The fourth-order valence-corrected chi connectivity index (χ4v) is 1.58. The Kier molecular flexibility index (Phi) is 7.15. The third kappa shape index (κ3) is 6.99. The monoisotopic (exact) mass is 185 g/mol. The lowest BCUT2D eigenvalue weighted by Crippen LogP contribution is -2.32. The van der Waals surface area contributed by atoms with Crippen LogP contribution in [0.3, 0.4) is 0 Å². The molecule has 1 aliphatic heterocycles. The first-order valence-corrected chi connectivity index (χ1v) is 5.62. The molecule has 3 N–H and O–H groups in total. The van der Waals surface area contributed by atoms with Crippen LogP contribution in [0.4, 0.5) is 0 Å². The minimum Gasteiger partial charge on any atom is -0.315 e. The molecular formula is C10H23N3. The molecule has 0 saturated carbocycles. The second-order valence-corrected chi connectivity index (χ2v) is 3.66. The maximum atomic E-state index is 3.44. The summed E-state index contributed by atoms with van der Waals surface area (Å²) in [4.78, 5) is 0. The largest absolute Gasteiger partial charge is 0.315 e. The van der Waals surface area contributed by atoms with Crippen LogP contribution in [0.15, 0.2) is 0 Å². The molecule has 1 aliphatic rings. The second kappa shape index (κ2) is 8.48. The van der Waals surface area contributed by atoms with Gasteiger partial charge in [-0.3, -0.25) is 0 Å². The van der Waals surface area contributed by atoms with Gasteiger partial charge in [-0.05, 0) is 25.9 Å². The van der Waals surface area contributed by atoms with Crippen molar-refractivity contribution in [1.82, 2.24) is 16.0 Å². The molecule has 0 unspecified atom stereocenters. The molecule has 0 aromatic heterocycles. The number of hydrogen-bond acceptors (Lipinski definition) is 3. The second-order valence-electron chi connectivity index (χ2n) is 3.66. The van der Waals surface area contributed by atoms with E-state index in [0.717, 1.165) is 26.2 Å². The maximum absolute atomic E-state index is 3.44. The summed E-state index contributed by atoms with van der Waals surface area (Å²) in [7, 11) is 0. The molecule has 0 radical (unpaired) electrons. The highest BCUT2D eigenvalue weighted by Gasteiger charge is 1.93. The van der Waals surface area contributed by atoms with E-state index >= 15 is 0 Å². The third-order valence-corrected chi connectivity index (χ3v) is 2.41. The van der Waals surface area contributed by atoms with Crippen molar-refractivity contribution in [3.05, 3.63) is 0 Å². The average molecular weight is 185 g/mol. The van der Waals surface area contributed by atoms with Gasteiger partial charge in [0, 0.05) is 26.2 Å². The van der Waals surface area contributed by atoms with E-state index in [9.17, 15) is 0 Å². The highest BCUT2D eigenvalue weighted by atomic mass is 15.0. The summed E-state index contributed by atoms with van der Waals surface area (Å²) >= 11 is 0. The quantitative estimate of drug-likeness (QED) is 0.509. The van der Waals surface area contributed by atoms with Gasteiger partial charge in [0.1, 0.15) is 0 Å². The van der Waals surface area contributed by atoms with Gasteiger partial charge >= 0.3 is 0 Å². The van der Waals surface area contributed by atoms with Gasteiger partial charge in [-0.1, -0.05) is 12.8 Å². The molecule has 0 spiro atoms. The van der Waals surface area contributed by atoms with E-state index in [0.29, 0.717) is 0 Å². The zero-order valence-corrected chi connectivity index (χ0v) is 8.57. The Bertz CT molecular complexity index is 58.2. The molecule has 1 heterocycles. The fraction of sp³-hybridized carbons (Fsp3) is 1.00. The van der Waals surface area contributed by atoms with Crippen molar-refractivity contribution in [2.24, 2.45) is 0 Å². The molecule has 1 rings (SSSR count). The lowest BCUT2D eigenvalue weighted by molar-refractivity contribution is 0.579. The summed E-state index contributed by atoms with van der Waals surface area (Å²) in [6, 6.07) is 0. The Balaban J connectivity index is 2.01. The molecule has 78 valence electrons. The molecule has 0 aromatic carbocycles. The zero-order valence-electron chi connectivity index (χ0n) is 8.57. The molecule has 0 atom stereocenters. The molecule has 1 saturated heterocycles. The third-order valence-electron chi connectivity index (χ3n) is 2.41. The molecule has 1 fully saturated rings. The normalized spacial score (nSPS) is 24.0. The standard InChI is InChI=1S/C10H23N3/c1-2-4-6-12-8-10-13-9-7-11-5-3-1/h11-13H,1-10H2. The van der Waals surface area contributed by atoms with Crippen molar-refractivity contribution < 1.29 is 0 Å². The first-order chi connectivity index (χ1) is 6.50. The van der Waals surface area contributed by atoms with Crippen LogP contribution < -0.4 is 16.0 Å². The van der Waals surface area contributed by atoms with E-state index in [2.05, 4.69) is 16.0 Å². The molecule has 0 bridgehead atoms. The highest BCUT2D eigenvalue weighted by Crippen LogP contribution is 1.97. The lowest BCUT2D eigenvalue weighted by atomic mass is 10.2. The van der Waals surface area contributed by atoms with E-state index in [1.807, 2.05) is 0 Å².